The van der Waals surface area contributed by atoms with Gasteiger partial charge in [0.15, 0.2) is 11.4 Å². The molecule has 0 N–H and O–H groups in total. The van der Waals surface area contributed by atoms with Crippen LogP contribution in [0.25, 0.3) is 0 Å². The predicted octanol–water partition coefficient (Wildman–Crippen LogP) is 2.88. The molecule has 6 rings (SSSR count). The van der Waals surface area contributed by atoms with Crippen LogP contribution in [-0.2, 0) is 16.1 Å². The Labute approximate surface area is 168 Å². The first-order valence-corrected chi connectivity index (χ1v) is 10.1. The standard InChI is InChI=1S/C22H22N2O5/c1-26-16-11-14-10-15-18(24-8-5-9-24)19-17(20(25)22(15,16)28-14)21(23-29-19)27-12-13-6-3-2-4-7-13/h2-4,6-7,11,14-15,18H,5,8-10,12H2,1H3/t14-,15?,18-,22+/m0/s1. The fourth-order valence-electron chi connectivity index (χ4n) is 5.26. The number of hydrogen-bond donors (Lipinski definition) is 0. The van der Waals surface area contributed by atoms with Gasteiger partial charge in [0.25, 0.3) is 5.88 Å². The van der Waals surface area contributed by atoms with Crippen molar-refractivity contribution in [2.45, 2.75) is 37.2 Å². The molecule has 4 atom stereocenters. The summed E-state index contributed by atoms with van der Waals surface area (Å²) < 4.78 is 23.6. The number of hydrogen-bond acceptors (Lipinski definition) is 7. The van der Waals surface area contributed by atoms with Gasteiger partial charge in [-0.05, 0) is 29.6 Å². The van der Waals surface area contributed by atoms with Gasteiger partial charge >= 0.3 is 0 Å². The summed E-state index contributed by atoms with van der Waals surface area (Å²) in [5.41, 5.74) is 0.307. The normalized spacial score (nSPS) is 32.4. The number of methoxy groups -OCH3 is 1. The Morgan fingerprint density at radius 3 is 2.83 bits per heavy atom. The highest BCUT2D eigenvalue weighted by atomic mass is 16.6. The van der Waals surface area contributed by atoms with Gasteiger partial charge in [-0.3, -0.25) is 9.69 Å². The SMILES string of the molecule is COC1=C[C@@H]2CC3[C@H](N4CCC4)c4onc(OCc5ccccc5)c4C(=O)[C@]13O2. The lowest BCUT2D eigenvalue weighted by Crippen LogP contribution is -2.56. The largest absolute Gasteiger partial charge is 0.498 e. The molecule has 0 amide bonds. The van der Waals surface area contributed by atoms with E-state index in [9.17, 15) is 4.79 Å². The molecule has 29 heavy (non-hydrogen) atoms. The number of rotatable bonds is 5. The third-order valence-electron chi connectivity index (χ3n) is 6.67. The van der Waals surface area contributed by atoms with Gasteiger partial charge in [-0.25, -0.2) is 0 Å². The first-order valence-electron chi connectivity index (χ1n) is 10.1. The second kappa shape index (κ2) is 6.18. The Hall–Kier alpha value is -2.64. The van der Waals surface area contributed by atoms with Gasteiger partial charge in [-0.2, -0.15) is 0 Å². The Kier molecular flexibility index (Phi) is 3.67. The van der Waals surface area contributed by atoms with Crippen molar-refractivity contribution in [2.24, 2.45) is 5.92 Å². The molecule has 7 nitrogen and oxygen atoms in total. The van der Waals surface area contributed by atoms with E-state index in [0.717, 1.165) is 31.5 Å². The van der Waals surface area contributed by atoms with E-state index in [1.54, 1.807) is 7.11 Å². The molecule has 1 spiro atoms. The molecule has 7 heteroatoms. The predicted molar refractivity (Wildman–Crippen MR) is 101 cm³/mol. The summed E-state index contributed by atoms with van der Waals surface area (Å²) in [6.45, 7) is 2.26. The molecule has 0 saturated carbocycles. The van der Waals surface area contributed by atoms with Crippen LogP contribution < -0.4 is 4.74 Å². The van der Waals surface area contributed by atoms with Crippen LogP contribution >= 0.6 is 0 Å². The molecule has 2 saturated heterocycles. The zero-order valence-corrected chi connectivity index (χ0v) is 16.2. The monoisotopic (exact) mass is 394 g/mol. The number of ether oxygens (including phenoxy) is 3. The molecule has 0 radical (unpaired) electrons. The third-order valence-corrected chi connectivity index (χ3v) is 6.67. The second-order valence-corrected chi connectivity index (χ2v) is 8.13. The minimum absolute atomic E-state index is 0.0392. The maximum Gasteiger partial charge on any atom is 0.265 e. The van der Waals surface area contributed by atoms with E-state index in [2.05, 4.69) is 10.1 Å². The average molecular weight is 394 g/mol. The summed E-state index contributed by atoms with van der Waals surface area (Å²) >= 11 is 0. The van der Waals surface area contributed by atoms with Crippen LogP contribution in [0.3, 0.4) is 0 Å². The molecular formula is C22H22N2O5. The number of benzene rings is 1. The summed E-state index contributed by atoms with van der Waals surface area (Å²) in [4.78, 5) is 16.1. The zero-order valence-electron chi connectivity index (χ0n) is 16.2. The van der Waals surface area contributed by atoms with Crippen LogP contribution in [0, 0.1) is 5.92 Å². The number of aromatic nitrogens is 1. The van der Waals surface area contributed by atoms with Crippen molar-refractivity contribution in [1.82, 2.24) is 10.1 Å². The maximum absolute atomic E-state index is 13.8. The molecule has 2 bridgehead atoms. The highest BCUT2D eigenvalue weighted by molar-refractivity contribution is 6.09. The van der Waals surface area contributed by atoms with Crippen molar-refractivity contribution in [2.75, 3.05) is 20.2 Å². The minimum Gasteiger partial charge on any atom is -0.498 e. The first-order chi connectivity index (χ1) is 14.2. The summed E-state index contributed by atoms with van der Waals surface area (Å²) in [6.07, 6.45) is 3.75. The molecule has 3 aliphatic heterocycles. The highest BCUT2D eigenvalue weighted by Gasteiger charge is 2.69. The van der Waals surface area contributed by atoms with Gasteiger partial charge in [-0.1, -0.05) is 30.3 Å². The number of carbonyl (C=O) groups is 1. The molecule has 1 unspecified atom stereocenters. The van der Waals surface area contributed by atoms with E-state index in [1.807, 2.05) is 36.4 Å². The first kappa shape index (κ1) is 17.2. The van der Waals surface area contributed by atoms with Crippen molar-refractivity contribution < 1.29 is 23.5 Å². The number of nitrogens with zero attached hydrogens (tertiary/aromatic N) is 2. The van der Waals surface area contributed by atoms with Crippen molar-refractivity contribution in [3.05, 3.63) is 59.1 Å². The van der Waals surface area contributed by atoms with Crippen molar-refractivity contribution in [3.63, 3.8) is 0 Å². The Balaban J connectivity index is 1.42. The van der Waals surface area contributed by atoms with E-state index < -0.39 is 5.60 Å². The van der Waals surface area contributed by atoms with Gasteiger partial charge in [0, 0.05) is 19.0 Å². The van der Waals surface area contributed by atoms with Gasteiger partial charge in [0.1, 0.15) is 17.9 Å². The molecule has 4 heterocycles. The number of Topliss-reactive ketones (excluding diaryl/α,β-unsaturated/α-hetero) is 1. The number of ketones is 1. The Morgan fingerprint density at radius 2 is 2.10 bits per heavy atom. The van der Waals surface area contributed by atoms with Gasteiger partial charge in [0.2, 0.25) is 5.78 Å². The van der Waals surface area contributed by atoms with Gasteiger partial charge in [-0.15, -0.1) is 0 Å². The lowest BCUT2D eigenvalue weighted by molar-refractivity contribution is -0.0459. The van der Waals surface area contributed by atoms with Crippen LogP contribution in [0.5, 0.6) is 5.88 Å². The molecule has 150 valence electrons. The fraction of sp³-hybridized carbons (Fsp3) is 0.455. The van der Waals surface area contributed by atoms with Crippen molar-refractivity contribution >= 4 is 5.78 Å². The Morgan fingerprint density at radius 1 is 1.28 bits per heavy atom. The summed E-state index contributed by atoms with van der Waals surface area (Å²) in [5.74, 6) is 1.26. The van der Waals surface area contributed by atoms with Crippen LogP contribution in [0.2, 0.25) is 0 Å². The molecule has 1 aromatic heterocycles. The van der Waals surface area contributed by atoms with Crippen LogP contribution in [0.4, 0.5) is 0 Å². The molecule has 1 aromatic carbocycles. The van der Waals surface area contributed by atoms with Crippen LogP contribution in [-0.4, -0.2) is 47.7 Å². The van der Waals surface area contributed by atoms with Crippen molar-refractivity contribution in [3.8, 4) is 5.88 Å². The van der Waals surface area contributed by atoms with Crippen LogP contribution in [0.1, 0.15) is 40.6 Å². The van der Waals surface area contributed by atoms with Crippen LogP contribution in [0.15, 0.2) is 46.7 Å². The van der Waals surface area contributed by atoms with E-state index in [-0.39, 0.29) is 29.7 Å². The molecule has 4 aliphatic rings. The number of carbonyl (C=O) groups excluding carboxylic acids is 1. The molecular weight excluding hydrogens is 372 g/mol. The summed E-state index contributed by atoms with van der Waals surface area (Å²) in [5, 5.41) is 4.15. The average Bonchev–Trinajstić information content (AvgIpc) is 3.40. The lowest BCUT2D eigenvalue weighted by atomic mass is 9.67. The fourth-order valence-corrected chi connectivity index (χ4v) is 5.26. The molecule has 2 aromatic rings. The van der Waals surface area contributed by atoms with Gasteiger partial charge < -0.3 is 18.7 Å². The minimum atomic E-state index is -1.09. The van der Waals surface area contributed by atoms with E-state index in [1.165, 1.54) is 0 Å². The highest BCUT2D eigenvalue weighted by Crippen LogP contribution is 2.60. The number of likely N-dealkylation sites (tertiary alicyclic amines) is 1. The third kappa shape index (κ3) is 2.25. The van der Waals surface area contributed by atoms with Gasteiger partial charge in [0.05, 0.1) is 19.3 Å². The van der Waals surface area contributed by atoms with Crippen molar-refractivity contribution in [1.29, 1.82) is 0 Å². The second-order valence-electron chi connectivity index (χ2n) is 8.13. The molecule has 1 aliphatic carbocycles. The maximum atomic E-state index is 13.8. The number of fused-ring (bicyclic) bond motifs is 2. The lowest BCUT2D eigenvalue weighted by Gasteiger charge is -2.47. The van der Waals surface area contributed by atoms with E-state index >= 15 is 0 Å². The smallest absolute Gasteiger partial charge is 0.265 e. The summed E-state index contributed by atoms with van der Waals surface area (Å²) in [7, 11) is 1.60. The summed E-state index contributed by atoms with van der Waals surface area (Å²) in [6, 6.07) is 9.74. The van der Waals surface area contributed by atoms with E-state index in [0.29, 0.717) is 23.7 Å². The topological polar surface area (TPSA) is 74.0 Å². The quantitative estimate of drug-likeness (QED) is 0.772. The Bertz CT molecular complexity index is 996. The molecule has 2 fully saturated rings. The zero-order chi connectivity index (χ0) is 19.6. The van der Waals surface area contributed by atoms with E-state index in [4.69, 9.17) is 18.7 Å².